The highest BCUT2D eigenvalue weighted by Gasteiger charge is 2.40. The Labute approximate surface area is 150 Å². The van der Waals surface area contributed by atoms with Crippen LogP contribution in [0.5, 0.6) is 0 Å². The smallest absolute Gasteiger partial charge is 0.349 e. The van der Waals surface area contributed by atoms with E-state index in [-0.39, 0.29) is 10.6 Å². The summed E-state index contributed by atoms with van der Waals surface area (Å²) in [4.78, 5) is 15.6. The molecule has 3 nitrogen and oxygen atoms in total. The Balaban J connectivity index is 1.83. The highest BCUT2D eigenvalue weighted by Crippen LogP contribution is 2.39. The molecular weight excluding hydrogens is 379 g/mol. The molecule has 1 N–H and O–H groups in total. The summed E-state index contributed by atoms with van der Waals surface area (Å²) < 4.78 is 66.1. The van der Waals surface area contributed by atoms with Gasteiger partial charge in [-0.15, -0.1) is 0 Å². The molecular formula is C17H12ClF5N2O. The summed E-state index contributed by atoms with van der Waals surface area (Å²) in [5.41, 5.74) is -1.95. The van der Waals surface area contributed by atoms with Crippen molar-refractivity contribution in [2.75, 3.05) is 0 Å². The molecule has 1 heterocycles. The number of pyridine rings is 1. The molecule has 0 radical (unpaired) electrons. The van der Waals surface area contributed by atoms with Crippen molar-refractivity contribution in [2.45, 2.75) is 31.0 Å². The Bertz CT molecular complexity index is 856. The third-order valence-corrected chi connectivity index (χ3v) is 4.66. The zero-order valence-corrected chi connectivity index (χ0v) is 13.8. The number of aromatic nitrogens is 1. The van der Waals surface area contributed by atoms with Crippen molar-refractivity contribution in [2.24, 2.45) is 0 Å². The van der Waals surface area contributed by atoms with Crippen molar-refractivity contribution in [3.05, 3.63) is 63.9 Å². The first-order valence-corrected chi connectivity index (χ1v) is 8.04. The SMILES string of the molecule is O=C(N[C@@H]1CC[C@@H]1c1ccc(F)cc1F)c1c(Cl)ccnc1C(F)(F)F. The number of hydrogen-bond donors (Lipinski definition) is 1. The molecule has 1 aliphatic carbocycles. The minimum atomic E-state index is -4.85. The number of nitrogens with zero attached hydrogens (tertiary/aromatic N) is 1. The van der Waals surface area contributed by atoms with Gasteiger partial charge >= 0.3 is 6.18 Å². The highest BCUT2D eigenvalue weighted by atomic mass is 35.5. The average Bonchev–Trinajstić information content (AvgIpc) is 2.52. The maximum absolute atomic E-state index is 13.9. The number of halogens is 6. The number of rotatable bonds is 3. The largest absolute Gasteiger partial charge is 0.434 e. The average molecular weight is 391 g/mol. The van der Waals surface area contributed by atoms with Crippen LogP contribution in [0.4, 0.5) is 22.0 Å². The van der Waals surface area contributed by atoms with E-state index in [1.165, 1.54) is 6.07 Å². The predicted molar refractivity (Wildman–Crippen MR) is 83.8 cm³/mol. The van der Waals surface area contributed by atoms with Gasteiger partial charge in [-0.3, -0.25) is 9.78 Å². The van der Waals surface area contributed by atoms with Gasteiger partial charge in [0, 0.05) is 24.2 Å². The van der Waals surface area contributed by atoms with Gasteiger partial charge in [-0.2, -0.15) is 13.2 Å². The molecule has 1 aromatic heterocycles. The number of carbonyl (C=O) groups is 1. The Morgan fingerprint density at radius 2 is 1.92 bits per heavy atom. The number of carbonyl (C=O) groups excluding carboxylic acids is 1. The van der Waals surface area contributed by atoms with E-state index in [0.29, 0.717) is 12.8 Å². The van der Waals surface area contributed by atoms with Gasteiger partial charge in [-0.05, 0) is 30.5 Å². The van der Waals surface area contributed by atoms with Crippen molar-refractivity contribution in [3.63, 3.8) is 0 Å². The summed E-state index contributed by atoms with van der Waals surface area (Å²) in [6, 6.07) is 3.59. The molecule has 2 aromatic rings. The van der Waals surface area contributed by atoms with Gasteiger partial charge in [0.1, 0.15) is 11.6 Å². The van der Waals surface area contributed by atoms with Crippen LogP contribution < -0.4 is 5.32 Å². The Hall–Kier alpha value is -2.22. The fourth-order valence-corrected chi connectivity index (χ4v) is 3.19. The van der Waals surface area contributed by atoms with Crippen molar-refractivity contribution in [1.29, 1.82) is 0 Å². The third-order valence-electron chi connectivity index (χ3n) is 4.35. The molecule has 1 fully saturated rings. The first-order valence-electron chi connectivity index (χ1n) is 7.66. The molecule has 2 atom stereocenters. The standard InChI is InChI=1S/C17H12ClF5N2O/c18-11-5-6-24-15(17(21,22)23)14(11)16(26)25-13-4-3-10(13)9-2-1-8(19)7-12(9)20/h1-2,5-7,10,13H,3-4H2,(H,25,26)/t10-,13-/m1/s1. The summed E-state index contributed by atoms with van der Waals surface area (Å²) in [6.07, 6.45) is -3.02. The molecule has 3 rings (SSSR count). The second kappa shape index (κ2) is 6.83. The minimum Gasteiger partial charge on any atom is -0.349 e. The van der Waals surface area contributed by atoms with Gasteiger partial charge < -0.3 is 5.32 Å². The predicted octanol–water partition coefficient (Wildman–Crippen LogP) is 4.71. The topological polar surface area (TPSA) is 42.0 Å². The van der Waals surface area contributed by atoms with Crippen molar-refractivity contribution < 1.29 is 26.7 Å². The van der Waals surface area contributed by atoms with E-state index >= 15 is 0 Å². The summed E-state index contributed by atoms with van der Waals surface area (Å²) in [5, 5.41) is 2.07. The molecule has 1 aliphatic rings. The summed E-state index contributed by atoms with van der Waals surface area (Å²) in [5.74, 6) is -2.98. The number of alkyl halides is 3. The van der Waals surface area contributed by atoms with E-state index < -0.39 is 46.9 Å². The van der Waals surface area contributed by atoms with Gasteiger partial charge in [0.2, 0.25) is 0 Å². The van der Waals surface area contributed by atoms with E-state index in [9.17, 15) is 26.7 Å². The highest BCUT2D eigenvalue weighted by molar-refractivity contribution is 6.34. The van der Waals surface area contributed by atoms with Gasteiger partial charge in [0.15, 0.2) is 5.69 Å². The number of amides is 1. The third kappa shape index (κ3) is 3.51. The van der Waals surface area contributed by atoms with Crippen LogP contribution in [0.3, 0.4) is 0 Å². The van der Waals surface area contributed by atoms with Crippen LogP contribution in [0.1, 0.15) is 40.4 Å². The number of nitrogens with one attached hydrogen (secondary N) is 1. The van der Waals surface area contributed by atoms with Crippen molar-refractivity contribution >= 4 is 17.5 Å². The Morgan fingerprint density at radius 3 is 2.50 bits per heavy atom. The maximum atomic E-state index is 13.9. The van der Waals surface area contributed by atoms with Gasteiger partial charge in [-0.25, -0.2) is 8.78 Å². The zero-order valence-electron chi connectivity index (χ0n) is 13.1. The van der Waals surface area contributed by atoms with E-state index in [2.05, 4.69) is 10.3 Å². The summed E-state index contributed by atoms with van der Waals surface area (Å²) in [7, 11) is 0. The minimum absolute atomic E-state index is 0.205. The summed E-state index contributed by atoms with van der Waals surface area (Å²) in [6.45, 7) is 0. The number of benzene rings is 1. The maximum Gasteiger partial charge on any atom is 0.434 e. The lowest BCUT2D eigenvalue weighted by Crippen LogP contribution is -2.46. The van der Waals surface area contributed by atoms with Crippen molar-refractivity contribution in [3.8, 4) is 0 Å². The first kappa shape index (κ1) is 18.6. The molecule has 0 aliphatic heterocycles. The second-order valence-corrected chi connectivity index (χ2v) is 6.35. The lowest BCUT2D eigenvalue weighted by atomic mass is 9.74. The monoisotopic (exact) mass is 390 g/mol. The Kier molecular flexibility index (Phi) is 4.88. The fraction of sp³-hybridized carbons (Fsp3) is 0.294. The van der Waals surface area contributed by atoms with Crippen LogP contribution >= 0.6 is 11.6 Å². The van der Waals surface area contributed by atoms with Crippen molar-refractivity contribution in [1.82, 2.24) is 10.3 Å². The van der Waals surface area contributed by atoms with Crippen LogP contribution in [0.25, 0.3) is 0 Å². The second-order valence-electron chi connectivity index (χ2n) is 5.94. The molecule has 1 aromatic carbocycles. The van der Waals surface area contributed by atoms with Crippen LogP contribution in [0, 0.1) is 11.6 Å². The van der Waals surface area contributed by atoms with Crippen LogP contribution in [-0.2, 0) is 6.18 Å². The molecule has 1 saturated carbocycles. The summed E-state index contributed by atoms with van der Waals surface area (Å²) >= 11 is 5.77. The van der Waals surface area contributed by atoms with Gasteiger partial charge in [0.25, 0.3) is 5.91 Å². The molecule has 0 bridgehead atoms. The van der Waals surface area contributed by atoms with Gasteiger partial charge in [-0.1, -0.05) is 17.7 Å². The Morgan fingerprint density at radius 1 is 1.19 bits per heavy atom. The molecule has 0 saturated heterocycles. The lowest BCUT2D eigenvalue weighted by Gasteiger charge is -2.37. The van der Waals surface area contributed by atoms with E-state index in [0.717, 1.165) is 24.4 Å². The van der Waals surface area contributed by atoms with E-state index in [1.807, 2.05) is 0 Å². The molecule has 0 unspecified atom stereocenters. The molecule has 26 heavy (non-hydrogen) atoms. The molecule has 1 amide bonds. The van der Waals surface area contributed by atoms with E-state index in [4.69, 9.17) is 11.6 Å². The first-order chi connectivity index (χ1) is 12.2. The van der Waals surface area contributed by atoms with Crippen LogP contribution in [0.2, 0.25) is 5.02 Å². The molecule has 9 heteroatoms. The fourth-order valence-electron chi connectivity index (χ4n) is 2.96. The zero-order chi connectivity index (χ0) is 19.1. The molecule has 138 valence electrons. The number of hydrogen-bond acceptors (Lipinski definition) is 2. The molecule has 0 spiro atoms. The van der Waals surface area contributed by atoms with Gasteiger partial charge in [0.05, 0.1) is 10.6 Å². The van der Waals surface area contributed by atoms with E-state index in [1.54, 1.807) is 0 Å². The normalized spacial score (nSPS) is 19.8. The lowest BCUT2D eigenvalue weighted by molar-refractivity contribution is -0.141. The van der Waals surface area contributed by atoms with Crippen LogP contribution in [-0.4, -0.2) is 16.9 Å². The quantitative estimate of drug-likeness (QED) is 0.771. The van der Waals surface area contributed by atoms with Crippen LogP contribution in [0.15, 0.2) is 30.5 Å².